The van der Waals surface area contributed by atoms with Gasteiger partial charge in [0, 0.05) is 11.9 Å². The van der Waals surface area contributed by atoms with E-state index >= 15 is 0 Å². The topological polar surface area (TPSA) is 62.2 Å². The summed E-state index contributed by atoms with van der Waals surface area (Å²) in [6.45, 7) is 1.50. The summed E-state index contributed by atoms with van der Waals surface area (Å²) in [6.07, 6.45) is 1.62. The SMILES string of the molecule is CC(=O)c1cccnc1Nc1ccc(O)cc1. The van der Waals surface area contributed by atoms with Crippen LogP contribution in [0, 0.1) is 0 Å². The number of benzene rings is 1. The summed E-state index contributed by atoms with van der Waals surface area (Å²) in [5.74, 6) is 0.674. The molecule has 1 heterocycles. The minimum Gasteiger partial charge on any atom is -0.508 e. The van der Waals surface area contributed by atoms with Crippen LogP contribution in [0.2, 0.25) is 0 Å². The molecule has 17 heavy (non-hydrogen) atoms. The van der Waals surface area contributed by atoms with E-state index in [1.165, 1.54) is 6.92 Å². The summed E-state index contributed by atoms with van der Waals surface area (Å²) in [6, 6.07) is 10.0. The number of carbonyl (C=O) groups excluding carboxylic acids is 1. The normalized spacial score (nSPS) is 9.94. The van der Waals surface area contributed by atoms with Crippen LogP contribution in [0.3, 0.4) is 0 Å². The lowest BCUT2D eigenvalue weighted by Gasteiger charge is -2.08. The molecule has 0 fully saturated rings. The highest BCUT2D eigenvalue weighted by atomic mass is 16.3. The fourth-order valence-electron chi connectivity index (χ4n) is 1.47. The first-order chi connectivity index (χ1) is 8.16. The van der Waals surface area contributed by atoms with Gasteiger partial charge in [0.05, 0.1) is 5.56 Å². The highest BCUT2D eigenvalue weighted by Gasteiger charge is 2.07. The van der Waals surface area contributed by atoms with Crippen molar-refractivity contribution in [2.24, 2.45) is 0 Å². The van der Waals surface area contributed by atoms with Gasteiger partial charge >= 0.3 is 0 Å². The van der Waals surface area contributed by atoms with Crippen LogP contribution in [0.1, 0.15) is 17.3 Å². The van der Waals surface area contributed by atoms with Crippen LogP contribution in [0.5, 0.6) is 5.75 Å². The minimum atomic E-state index is -0.0422. The number of ketones is 1. The smallest absolute Gasteiger partial charge is 0.163 e. The first-order valence-corrected chi connectivity index (χ1v) is 5.19. The number of nitrogens with zero attached hydrogens (tertiary/aromatic N) is 1. The van der Waals surface area contributed by atoms with E-state index in [1.807, 2.05) is 0 Å². The Hall–Kier alpha value is -2.36. The Labute approximate surface area is 98.9 Å². The molecule has 0 atom stereocenters. The zero-order valence-corrected chi connectivity index (χ0v) is 9.34. The van der Waals surface area contributed by atoms with Crippen molar-refractivity contribution in [1.82, 2.24) is 4.98 Å². The van der Waals surface area contributed by atoms with Crippen molar-refractivity contribution in [2.75, 3.05) is 5.32 Å². The fourth-order valence-corrected chi connectivity index (χ4v) is 1.47. The summed E-state index contributed by atoms with van der Waals surface area (Å²) >= 11 is 0. The zero-order valence-electron chi connectivity index (χ0n) is 9.34. The molecule has 86 valence electrons. The number of pyridine rings is 1. The number of rotatable bonds is 3. The number of phenols is 1. The Morgan fingerprint density at radius 1 is 1.24 bits per heavy atom. The van der Waals surface area contributed by atoms with Gasteiger partial charge in [-0.15, -0.1) is 0 Å². The predicted octanol–water partition coefficient (Wildman–Crippen LogP) is 2.73. The largest absolute Gasteiger partial charge is 0.508 e. The number of aromatic hydroxyl groups is 1. The molecule has 1 aromatic carbocycles. The molecule has 0 aliphatic carbocycles. The first kappa shape index (κ1) is 11.1. The van der Waals surface area contributed by atoms with E-state index in [0.717, 1.165) is 5.69 Å². The van der Waals surface area contributed by atoms with E-state index in [0.29, 0.717) is 11.4 Å². The Morgan fingerprint density at radius 3 is 2.59 bits per heavy atom. The third-order valence-corrected chi connectivity index (χ3v) is 2.32. The highest BCUT2D eigenvalue weighted by molar-refractivity contribution is 5.99. The molecule has 0 radical (unpaired) electrons. The van der Waals surface area contributed by atoms with Gasteiger partial charge in [-0.25, -0.2) is 4.98 Å². The third-order valence-electron chi connectivity index (χ3n) is 2.32. The fraction of sp³-hybridized carbons (Fsp3) is 0.0769. The van der Waals surface area contributed by atoms with Crippen LogP contribution >= 0.6 is 0 Å². The van der Waals surface area contributed by atoms with E-state index in [4.69, 9.17) is 5.11 Å². The Bertz CT molecular complexity index is 535. The summed E-state index contributed by atoms with van der Waals surface area (Å²) in [5, 5.41) is 12.2. The van der Waals surface area contributed by atoms with Gasteiger partial charge in [0.15, 0.2) is 5.78 Å². The second-order valence-corrected chi connectivity index (χ2v) is 3.63. The van der Waals surface area contributed by atoms with Gasteiger partial charge in [-0.2, -0.15) is 0 Å². The average Bonchev–Trinajstić information content (AvgIpc) is 2.32. The van der Waals surface area contributed by atoms with Gasteiger partial charge in [0.2, 0.25) is 0 Å². The quantitative estimate of drug-likeness (QED) is 0.626. The molecular formula is C13H12N2O2. The number of phenolic OH excluding ortho intramolecular Hbond substituents is 1. The summed E-state index contributed by atoms with van der Waals surface area (Å²) in [5.41, 5.74) is 1.31. The van der Waals surface area contributed by atoms with Gasteiger partial charge in [-0.3, -0.25) is 4.79 Å². The van der Waals surface area contributed by atoms with Crippen LogP contribution in [0.4, 0.5) is 11.5 Å². The number of Topliss-reactive ketones (excluding diaryl/α,β-unsaturated/α-hetero) is 1. The molecule has 0 spiro atoms. The number of aromatic nitrogens is 1. The molecule has 2 N–H and O–H groups in total. The van der Waals surface area contributed by atoms with Gasteiger partial charge in [-0.1, -0.05) is 0 Å². The molecule has 2 aromatic rings. The summed E-state index contributed by atoms with van der Waals surface area (Å²) in [7, 11) is 0. The standard InChI is InChI=1S/C13H12N2O2/c1-9(16)12-3-2-8-14-13(12)15-10-4-6-11(17)7-5-10/h2-8,17H,1H3,(H,14,15). The van der Waals surface area contributed by atoms with Crippen LogP contribution < -0.4 is 5.32 Å². The van der Waals surface area contributed by atoms with Crippen LogP contribution in [-0.2, 0) is 0 Å². The van der Waals surface area contributed by atoms with Crippen LogP contribution in [-0.4, -0.2) is 15.9 Å². The molecule has 4 heteroatoms. The molecule has 0 aliphatic heterocycles. The number of hydrogen-bond acceptors (Lipinski definition) is 4. The van der Waals surface area contributed by atoms with E-state index in [9.17, 15) is 4.79 Å². The lowest BCUT2D eigenvalue weighted by Crippen LogP contribution is -2.02. The average molecular weight is 228 g/mol. The lowest BCUT2D eigenvalue weighted by atomic mass is 10.2. The second-order valence-electron chi connectivity index (χ2n) is 3.63. The Kier molecular flexibility index (Phi) is 3.05. The highest BCUT2D eigenvalue weighted by Crippen LogP contribution is 2.20. The molecule has 0 unspecified atom stereocenters. The molecule has 0 saturated carbocycles. The third kappa shape index (κ3) is 2.60. The molecule has 2 rings (SSSR count). The van der Waals surface area contributed by atoms with Crippen LogP contribution in [0.15, 0.2) is 42.6 Å². The van der Waals surface area contributed by atoms with Crippen molar-refractivity contribution in [1.29, 1.82) is 0 Å². The maximum Gasteiger partial charge on any atom is 0.163 e. The molecule has 0 amide bonds. The molecule has 0 saturated heterocycles. The van der Waals surface area contributed by atoms with Crippen molar-refractivity contribution in [3.63, 3.8) is 0 Å². The molecule has 0 bridgehead atoms. The molecule has 1 aromatic heterocycles. The van der Waals surface area contributed by atoms with Crippen LogP contribution in [0.25, 0.3) is 0 Å². The molecular weight excluding hydrogens is 216 g/mol. The van der Waals surface area contributed by atoms with E-state index in [1.54, 1.807) is 42.6 Å². The maximum atomic E-state index is 11.4. The predicted molar refractivity (Wildman–Crippen MR) is 65.6 cm³/mol. The van der Waals surface area contributed by atoms with Crippen molar-refractivity contribution in [3.05, 3.63) is 48.2 Å². The number of carbonyl (C=O) groups is 1. The summed E-state index contributed by atoms with van der Waals surface area (Å²) < 4.78 is 0. The lowest BCUT2D eigenvalue weighted by molar-refractivity contribution is 0.101. The Morgan fingerprint density at radius 2 is 1.94 bits per heavy atom. The van der Waals surface area contributed by atoms with E-state index in [-0.39, 0.29) is 11.5 Å². The van der Waals surface area contributed by atoms with Crippen molar-refractivity contribution >= 4 is 17.3 Å². The monoisotopic (exact) mass is 228 g/mol. The summed E-state index contributed by atoms with van der Waals surface area (Å²) in [4.78, 5) is 15.5. The minimum absolute atomic E-state index is 0.0422. The Balaban J connectivity index is 2.30. The van der Waals surface area contributed by atoms with Crippen molar-refractivity contribution < 1.29 is 9.90 Å². The first-order valence-electron chi connectivity index (χ1n) is 5.19. The molecule has 4 nitrogen and oxygen atoms in total. The van der Waals surface area contributed by atoms with Crippen molar-refractivity contribution in [2.45, 2.75) is 6.92 Å². The molecule has 0 aliphatic rings. The van der Waals surface area contributed by atoms with Gasteiger partial charge in [0.25, 0.3) is 0 Å². The maximum absolute atomic E-state index is 11.4. The number of nitrogens with one attached hydrogen (secondary N) is 1. The van der Waals surface area contributed by atoms with Crippen molar-refractivity contribution in [3.8, 4) is 5.75 Å². The zero-order chi connectivity index (χ0) is 12.3. The van der Waals surface area contributed by atoms with Gasteiger partial charge in [0.1, 0.15) is 11.6 Å². The number of hydrogen-bond donors (Lipinski definition) is 2. The van der Waals surface area contributed by atoms with E-state index < -0.39 is 0 Å². The second kappa shape index (κ2) is 4.65. The van der Waals surface area contributed by atoms with E-state index in [2.05, 4.69) is 10.3 Å². The van der Waals surface area contributed by atoms with Gasteiger partial charge < -0.3 is 10.4 Å². The number of anilines is 2. The van der Waals surface area contributed by atoms with Gasteiger partial charge in [-0.05, 0) is 43.3 Å².